The largest absolute Gasteiger partial charge is 0.481 e. The normalized spacial score (nSPS) is 27.9. The van der Waals surface area contributed by atoms with Gasteiger partial charge in [-0.05, 0) is 43.2 Å². The Morgan fingerprint density at radius 1 is 1.05 bits per heavy atom. The summed E-state index contributed by atoms with van der Waals surface area (Å²) in [6.45, 7) is 0. The Morgan fingerprint density at radius 3 is 2.62 bits per heavy atom. The van der Waals surface area contributed by atoms with Gasteiger partial charge in [-0.3, -0.25) is 9.59 Å². The summed E-state index contributed by atoms with van der Waals surface area (Å²) in [5.41, 5.74) is 2.50. The number of benzene rings is 1. The van der Waals surface area contributed by atoms with Crippen LogP contribution in [0.25, 0.3) is 0 Å². The van der Waals surface area contributed by atoms with Gasteiger partial charge in [-0.2, -0.15) is 0 Å². The van der Waals surface area contributed by atoms with Crippen LogP contribution in [0.2, 0.25) is 0 Å². The maximum atomic E-state index is 12.5. The molecule has 112 valence electrons. The van der Waals surface area contributed by atoms with Gasteiger partial charge >= 0.3 is 5.97 Å². The highest BCUT2D eigenvalue weighted by atomic mass is 16.4. The predicted molar refractivity (Wildman–Crippen MR) is 78.7 cm³/mol. The van der Waals surface area contributed by atoms with Crippen LogP contribution in [0.3, 0.4) is 0 Å². The van der Waals surface area contributed by atoms with Crippen molar-refractivity contribution in [3.05, 3.63) is 35.4 Å². The van der Waals surface area contributed by atoms with E-state index in [2.05, 4.69) is 17.4 Å². The Bertz CT molecular complexity index is 555. The van der Waals surface area contributed by atoms with Crippen LogP contribution in [0.15, 0.2) is 24.3 Å². The topological polar surface area (TPSA) is 66.4 Å². The van der Waals surface area contributed by atoms with E-state index in [0.29, 0.717) is 12.8 Å². The first-order valence-corrected chi connectivity index (χ1v) is 7.78. The lowest BCUT2D eigenvalue weighted by Crippen LogP contribution is -2.38. The van der Waals surface area contributed by atoms with E-state index in [-0.39, 0.29) is 17.9 Å². The number of nitrogens with one attached hydrogen (secondary N) is 1. The molecule has 0 bridgehead atoms. The smallest absolute Gasteiger partial charge is 0.307 e. The highest BCUT2D eigenvalue weighted by molar-refractivity contribution is 5.85. The number of rotatable bonds is 3. The molecule has 2 aliphatic rings. The van der Waals surface area contributed by atoms with E-state index < -0.39 is 11.9 Å². The monoisotopic (exact) mass is 287 g/mol. The Labute approximate surface area is 124 Å². The van der Waals surface area contributed by atoms with Gasteiger partial charge in [-0.15, -0.1) is 0 Å². The molecule has 2 N–H and O–H groups in total. The first-order valence-electron chi connectivity index (χ1n) is 7.78. The van der Waals surface area contributed by atoms with Crippen molar-refractivity contribution in [1.29, 1.82) is 0 Å². The highest BCUT2D eigenvalue weighted by Crippen LogP contribution is 2.34. The van der Waals surface area contributed by atoms with Crippen LogP contribution < -0.4 is 5.32 Å². The number of fused-ring (bicyclic) bond motifs is 1. The van der Waals surface area contributed by atoms with Crippen molar-refractivity contribution >= 4 is 11.9 Å². The summed E-state index contributed by atoms with van der Waals surface area (Å²) >= 11 is 0. The highest BCUT2D eigenvalue weighted by Gasteiger charge is 2.38. The number of hydrogen-bond donors (Lipinski definition) is 2. The molecule has 0 aromatic heterocycles. The van der Waals surface area contributed by atoms with E-state index in [4.69, 9.17) is 0 Å². The lowest BCUT2D eigenvalue weighted by Gasteiger charge is -2.28. The predicted octanol–water partition coefficient (Wildman–Crippen LogP) is 2.68. The second-order valence-electron chi connectivity index (χ2n) is 6.13. The van der Waals surface area contributed by atoms with Crippen molar-refractivity contribution in [1.82, 2.24) is 5.32 Å². The Balaban J connectivity index is 1.73. The lowest BCUT2D eigenvalue weighted by atomic mass is 9.87. The molecule has 1 fully saturated rings. The zero-order chi connectivity index (χ0) is 14.8. The fourth-order valence-electron chi connectivity index (χ4n) is 3.75. The van der Waals surface area contributed by atoms with Crippen LogP contribution >= 0.6 is 0 Å². The third-order valence-corrected chi connectivity index (χ3v) is 4.86. The minimum absolute atomic E-state index is 0.0393. The van der Waals surface area contributed by atoms with Crippen molar-refractivity contribution in [2.45, 2.75) is 44.6 Å². The molecule has 1 aromatic carbocycles. The van der Waals surface area contributed by atoms with E-state index in [1.807, 2.05) is 12.1 Å². The van der Waals surface area contributed by atoms with Crippen LogP contribution in [-0.4, -0.2) is 17.0 Å². The maximum absolute atomic E-state index is 12.5. The Kier molecular flexibility index (Phi) is 3.95. The molecule has 0 spiro atoms. The maximum Gasteiger partial charge on any atom is 0.307 e. The minimum atomic E-state index is -0.836. The number of carbonyl (C=O) groups is 2. The Morgan fingerprint density at radius 2 is 1.81 bits per heavy atom. The summed E-state index contributed by atoms with van der Waals surface area (Å²) in [6.07, 6.45) is 5.20. The quantitative estimate of drug-likeness (QED) is 0.898. The van der Waals surface area contributed by atoms with E-state index in [1.54, 1.807) is 0 Å². The fraction of sp³-hybridized carbons (Fsp3) is 0.529. The standard InChI is InChI=1S/C17H21NO3/c19-16(13-8-4-9-14(13)17(20)21)18-15-10-3-6-11-5-1-2-7-12(11)15/h1-2,5,7,13-15H,3-4,6,8-10H2,(H,18,19)(H,20,21)/t13-,14+,15?/m0/s1. The summed E-state index contributed by atoms with van der Waals surface area (Å²) in [4.78, 5) is 23.7. The second-order valence-corrected chi connectivity index (χ2v) is 6.13. The molecule has 1 amide bonds. The number of hydrogen-bond acceptors (Lipinski definition) is 2. The summed E-state index contributed by atoms with van der Waals surface area (Å²) in [5.74, 6) is -1.79. The molecule has 0 radical (unpaired) electrons. The van der Waals surface area contributed by atoms with Gasteiger partial charge in [0.15, 0.2) is 0 Å². The van der Waals surface area contributed by atoms with Gasteiger partial charge in [0.25, 0.3) is 0 Å². The lowest BCUT2D eigenvalue weighted by molar-refractivity contribution is -0.146. The number of aliphatic carboxylic acids is 1. The summed E-state index contributed by atoms with van der Waals surface area (Å²) in [7, 11) is 0. The van der Waals surface area contributed by atoms with E-state index >= 15 is 0 Å². The molecule has 1 saturated carbocycles. The third kappa shape index (κ3) is 2.80. The molecule has 4 nitrogen and oxygen atoms in total. The van der Waals surface area contributed by atoms with E-state index in [9.17, 15) is 14.7 Å². The molecule has 0 aliphatic heterocycles. The van der Waals surface area contributed by atoms with Gasteiger partial charge in [0.1, 0.15) is 0 Å². The van der Waals surface area contributed by atoms with Crippen LogP contribution in [-0.2, 0) is 16.0 Å². The molecule has 4 heteroatoms. The second kappa shape index (κ2) is 5.88. The van der Waals surface area contributed by atoms with Crippen molar-refractivity contribution < 1.29 is 14.7 Å². The molecule has 0 heterocycles. The SMILES string of the molecule is O=C(NC1CCCc2ccccc21)[C@H]1CCC[C@H]1C(=O)O. The molecule has 1 unspecified atom stereocenters. The fourth-order valence-corrected chi connectivity index (χ4v) is 3.75. The molecule has 2 aliphatic carbocycles. The van der Waals surface area contributed by atoms with Gasteiger partial charge in [0, 0.05) is 0 Å². The molecular weight excluding hydrogens is 266 g/mol. The average Bonchev–Trinajstić information content (AvgIpc) is 2.97. The zero-order valence-electron chi connectivity index (χ0n) is 12.0. The molecule has 0 saturated heterocycles. The Hall–Kier alpha value is -1.84. The van der Waals surface area contributed by atoms with Crippen molar-refractivity contribution in [3.8, 4) is 0 Å². The number of carboxylic acid groups (broad SMARTS) is 1. The molecule has 1 aromatic rings. The number of amides is 1. The van der Waals surface area contributed by atoms with Crippen LogP contribution in [0.5, 0.6) is 0 Å². The van der Waals surface area contributed by atoms with Gasteiger partial charge in [-0.25, -0.2) is 0 Å². The molecular formula is C17H21NO3. The number of carboxylic acids is 1. The summed E-state index contributed by atoms with van der Waals surface area (Å²) in [5, 5.41) is 12.3. The first kappa shape index (κ1) is 14.1. The molecule has 21 heavy (non-hydrogen) atoms. The van der Waals surface area contributed by atoms with Gasteiger partial charge in [0.2, 0.25) is 5.91 Å². The first-order chi connectivity index (χ1) is 10.2. The van der Waals surface area contributed by atoms with Crippen LogP contribution in [0.4, 0.5) is 0 Å². The van der Waals surface area contributed by atoms with Crippen molar-refractivity contribution in [2.75, 3.05) is 0 Å². The van der Waals surface area contributed by atoms with E-state index in [0.717, 1.165) is 25.7 Å². The van der Waals surface area contributed by atoms with E-state index in [1.165, 1.54) is 11.1 Å². The molecule has 3 atom stereocenters. The van der Waals surface area contributed by atoms with Crippen LogP contribution in [0.1, 0.15) is 49.3 Å². The van der Waals surface area contributed by atoms with Gasteiger partial charge in [0.05, 0.1) is 17.9 Å². The van der Waals surface area contributed by atoms with Crippen molar-refractivity contribution in [3.63, 3.8) is 0 Å². The third-order valence-electron chi connectivity index (χ3n) is 4.86. The number of aryl methyl sites for hydroxylation is 1. The minimum Gasteiger partial charge on any atom is -0.481 e. The molecule has 3 rings (SSSR count). The number of carbonyl (C=O) groups excluding carboxylic acids is 1. The van der Waals surface area contributed by atoms with Crippen LogP contribution in [0, 0.1) is 11.8 Å². The van der Waals surface area contributed by atoms with Gasteiger partial charge < -0.3 is 10.4 Å². The van der Waals surface area contributed by atoms with Crippen molar-refractivity contribution in [2.24, 2.45) is 11.8 Å². The van der Waals surface area contributed by atoms with Gasteiger partial charge in [-0.1, -0.05) is 30.7 Å². The summed E-state index contributed by atoms with van der Waals surface area (Å²) in [6, 6.07) is 8.25. The zero-order valence-corrected chi connectivity index (χ0v) is 12.0. The summed E-state index contributed by atoms with van der Waals surface area (Å²) < 4.78 is 0. The average molecular weight is 287 g/mol.